The zero-order valence-corrected chi connectivity index (χ0v) is 13.3. The summed E-state index contributed by atoms with van der Waals surface area (Å²) in [5.74, 6) is 2.02. The Morgan fingerprint density at radius 2 is 2.22 bits per heavy atom. The molecule has 1 fully saturated rings. The SMILES string of the molecule is Cc1nc(-c2ccc(NC(=O)CCC3CCCOC3)cc2)n[nH]1. The second kappa shape index (κ2) is 7.37. The Balaban J connectivity index is 1.50. The van der Waals surface area contributed by atoms with E-state index in [1.807, 2.05) is 31.2 Å². The molecule has 122 valence electrons. The maximum Gasteiger partial charge on any atom is 0.224 e. The predicted octanol–water partition coefficient (Wildman–Crippen LogP) is 2.93. The lowest BCUT2D eigenvalue weighted by atomic mass is 9.97. The molecule has 1 aromatic heterocycles. The standard InChI is InChI=1S/C17H22N4O2/c1-12-18-17(21-20-12)14-5-7-15(8-6-14)19-16(22)9-4-13-3-2-10-23-11-13/h5-8,13H,2-4,9-11H2,1H3,(H,19,22)(H,18,20,21). The van der Waals surface area contributed by atoms with Gasteiger partial charge in [-0.25, -0.2) is 4.98 Å². The molecule has 2 heterocycles. The maximum atomic E-state index is 12.0. The zero-order chi connectivity index (χ0) is 16.1. The van der Waals surface area contributed by atoms with E-state index >= 15 is 0 Å². The summed E-state index contributed by atoms with van der Waals surface area (Å²) < 4.78 is 5.44. The Kier molecular flexibility index (Phi) is 5.02. The topological polar surface area (TPSA) is 79.9 Å². The van der Waals surface area contributed by atoms with E-state index in [0.29, 0.717) is 18.2 Å². The number of hydrogen-bond acceptors (Lipinski definition) is 4. The number of carbonyl (C=O) groups is 1. The quantitative estimate of drug-likeness (QED) is 0.889. The van der Waals surface area contributed by atoms with E-state index in [9.17, 15) is 4.79 Å². The van der Waals surface area contributed by atoms with E-state index in [2.05, 4.69) is 20.5 Å². The number of amides is 1. The van der Waals surface area contributed by atoms with Crippen LogP contribution in [0.1, 0.15) is 31.5 Å². The average Bonchev–Trinajstić information content (AvgIpc) is 3.01. The molecule has 0 radical (unpaired) electrons. The minimum absolute atomic E-state index is 0.0528. The Morgan fingerprint density at radius 3 is 2.87 bits per heavy atom. The van der Waals surface area contributed by atoms with E-state index < -0.39 is 0 Å². The van der Waals surface area contributed by atoms with E-state index in [1.165, 1.54) is 0 Å². The first-order valence-corrected chi connectivity index (χ1v) is 8.08. The van der Waals surface area contributed by atoms with Crippen molar-refractivity contribution in [3.8, 4) is 11.4 Å². The van der Waals surface area contributed by atoms with Crippen LogP contribution in [-0.4, -0.2) is 34.3 Å². The van der Waals surface area contributed by atoms with Gasteiger partial charge in [-0.2, -0.15) is 5.10 Å². The summed E-state index contributed by atoms with van der Waals surface area (Å²) in [6, 6.07) is 7.58. The normalized spacial score (nSPS) is 17.9. The number of ether oxygens (including phenoxy) is 1. The highest BCUT2D eigenvalue weighted by Gasteiger charge is 2.15. The molecular weight excluding hydrogens is 292 g/mol. The number of rotatable bonds is 5. The number of hydrogen-bond donors (Lipinski definition) is 2. The van der Waals surface area contributed by atoms with Crippen molar-refractivity contribution >= 4 is 11.6 Å². The minimum atomic E-state index is 0.0528. The number of aromatic nitrogens is 3. The predicted molar refractivity (Wildman–Crippen MR) is 88.0 cm³/mol. The van der Waals surface area contributed by atoms with Gasteiger partial charge in [-0.15, -0.1) is 0 Å². The summed E-state index contributed by atoms with van der Waals surface area (Å²) >= 11 is 0. The Morgan fingerprint density at radius 1 is 1.39 bits per heavy atom. The van der Waals surface area contributed by atoms with E-state index in [-0.39, 0.29) is 5.91 Å². The second-order valence-corrected chi connectivity index (χ2v) is 5.99. The van der Waals surface area contributed by atoms with Crippen molar-refractivity contribution in [3.63, 3.8) is 0 Å². The largest absolute Gasteiger partial charge is 0.381 e. The van der Waals surface area contributed by atoms with Crippen LogP contribution < -0.4 is 5.32 Å². The van der Waals surface area contributed by atoms with Crippen molar-refractivity contribution in [2.24, 2.45) is 5.92 Å². The molecule has 0 saturated carbocycles. The van der Waals surface area contributed by atoms with Crippen molar-refractivity contribution in [3.05, 3.63) is 30.1 Å². The van der Waals surface area contributed by atoms with Crippen molar-refractivity contribution in [2.75, 3.05) is 18.5 Å². The third-order valence-corrected chi connectivity index (χ3v) is 4.06. The minimum Gasteiger partial charge on any atom is -0.381 e. The number of H-pyrrole nitrogens is 1. The summed E-state index contributed by atoms with van der Waals surface area (Å²) in [6.45, 7) is 3.51. The molecule has 2 N–H and O–H groups in total. The summed E-state index contributed by atoms with van der Waals surface area (Å²) in [7, 11) is 0. The van der Waals surface area contributed by atoms with Crippen LogP contribution in [0.15, 0.2) is 24.3 Å². The molecule has 6 nitrogen and oxygen atoms in total. The molecule has 1 saturated heterocycles. The van der Waals surface area contributed by atoms with Crippen LogP contribution in [0, 0.1) is 12.8 Å². The van der Waals surface area contributed by atoms with Crippen molar-refractivity contribution in [1.29, 1.82) is 0 Å². The van der Waals surface area contributed by atoms with Gasteiger partial charge in [0.25, 0.3) is 0 Å². The van der Waals surface area contributed by atoms with Gasteiger partial charge < -0.3 is 10.1 Å². The van der Waals surface area contributed by atoms with Crippen LogP contribution in [0.25, 0.3) is 11.4 Å². The molecule has 1 amide bonds. The van der Waals surface area contributed by atoms with Crippen LogP contribution in [0.4, 0.5) is 5.69 Å². The van der Waals surface area contributed by atoms with Crippen LogP contribution in [0.3, 0.4) is 0 Å². The van der Waals surface area contributed by atoms with Gasteiger partial charge in [-0.1, -0.05) is 0 Å². The van der Waals surface area contributed by atoms with Crippen molar-refractivity contribution in [2.45, 2.75) is 32.6 Å². The lowest BCUT2D eigenvalue weighted by Crippen LogP contribution is -2.20. The second-order valence-electron chi connectivity index (χ2n) is 5.99. The van der Waals surface area contributed by atoms with Crippen molar-refractivity contribution < 1.29 is 9.53 Å². The van der Waals surface area contributed by atoms with E-state index in [0.717, 1.165) is 49.6 Å². The first kappa shape index (κ1) is 15.7. The molecule has 2 aromatic rings. The van der Waals surface area contributed by atoms with Gasteiger partial charge in [0.15, 0.2) is 5.82 Å². The first-order chi connectivity index (χ1) is 11.2. The fourth-order valence-electron chi connectivity index (χ4n) is 2.77. The molecule has 1 atom stereocenters. The molecule has 6 heteroatoms. The highest BCUT2D eigenvalue weighted by Crippen LogP contribution is 2.20. The lowest BCUT2D eigenvalue weighted by Gasteiger charge is -2.21. The number of aromatic amines is 1. The molecule has 0 spiro atoms. The van der Waals surface area contributed by atoms with Crippen LogP contribution in [0.2, 0.25) is 0 Å². The number of nitrogens with zero attached hydrogens (tertiary/aromatic N) is 2. The smallest absolute Gasteiger partial charge is 0.224 e. The summed E-state index contributed by atoms with van der Waals surface area (Å²) in [5, 5.41) is 9.88. The molecule has 1 aliphatic rings. The molecule has 1 unspecified atom stereocenters. The molecule has 1 aromatic carbocycles. The van der Waals surface area contributed by atoms with Gasteiger partial charge in [-0.3, -0.25) is 9.89 Å². The zero-order valence-electron chi connectivity index (χ0n) is 13.3. The van der Waals surface area contributed by atoms with Gasteiger partial charge in [0.1, 0.15) is 5.82 Å². The first-order valence-electron chi connectivity index (χ1n) is 8.08. The monoisotopic (exact) mass is 314 g/mol. The van der Waals surface area contributed by atoms with Gasteiger partial charge >= 0.3 is 0 Å². The highest BCUT2D eigenvalue weighted by molar-refractivity contribution is 5.90. The van der Waals surface area contributed by atoms with Crippen LogP contribution in [0.5, 0.6) is 0 Å². The summed E-state index contributed by atoms with van der Waals surface area (Å²) in [6.07, 6.45) is 3.70. The molecule has 0 aliphatic carbocycles. The molecule has 0 bridgehead atoms. The fraction of sp³-hybridized carbons (Fsp3) is 0.471. The van der Waals surface area contributed by atoms with Gasteiger partial charge in [0, 0.05) is 30.9 Å². The number of anilines is 1. The maximum absolute atomic E-state index is 12.0. The fourth-order valence-corrected chi connectivity index (χ4v) is 2.77. The number of carbonyl (C=O) groups excluding carboxylic acids is 1. The van der Waals surface area contributed by atoms with Gasteiger partial charge in [-0.05, 0) is 56.4 Å². The van der Waals surface area contributed by atoms with Crippen LogP contribution >= 0.6 is 0 Å². The van der Waals surface area contributed by atoms with E-state index in [1.54, 1.807) is 0 Å². The third-order valence-electron chi connectivity index (χ3n) is 4.06. The van der Waals surface area contributed by atoms with E-state index in [4.69, 9.17) is 4.74 Å². The van der Waals surface area contributed by atoms with Crippen LogP contribution in [-0.2, 0) is 9.53 Å². The van der Waals surface area contributed by atoms with Gasteiger partial charge in [0.2, 0.25) is 5.91 Å². The molecular formula is C17H22N4O2. The summed E-state index contributed by atoms with van der Waals surface area (Å²) in [4.78, 5) is 16.3. The summed E-state index contributed by atoms with van der Waals surface area (Å²) in [5.41, 5.74) is 1.72. The Labute approximate surface area is 135 Å². The average molecular weight is 314 g/mol. The molecule has 23 heavy (non-hydrogen) atoms. The highest BCUT2D eigenvalue weighted by atomic mass is 16.5. The number of aryl methyl sites for hydroxylation is 1. The Hall–Kier alpha value is -2.21. The third kappa shape index (κ3) is 4.39. The number of benzene rings is 1. The van der Waals surface area contributed by atoms with Crippen molar-refractivity contribution in [1.82, 2.24) is 15.2 Å². The van der Waals surface area contributed by atoms with Gasteiger partial charge in [0.05, 0.1) is 0 Å². The number of nitrogens with one attached hydrogen (secondary N) is 2. The lowest BCUT2D eigenvalue weighted by molar-refractivity contribution is -0.116. The Bertz CT molecular complexity index is 645. The molecule has 3 rings (SSSR count). The molecule has 1 aliphatic heterocycles.